The van der Waals surface area contributed by atoms with Crippen LogP contribution < -0.4 is 10.7 Å². The Bertz CT molecular complexity index is 1180. The molecule has 3 heterocycles. The van der Waals surface area contributed by atoms with Gasteiger partial charge in [-0.25, -0.2) is 4.98 Å². The van der Waals surface area contributed by atoms with E-state index in [1.165, 1.54) is 17.4 Å². The molecule has 4 aromatic rings. The Hall–Kier alpha value is -3.32. The summed E-state index contributed by atoms with van der Waals surface area (Å²) in [4.78, 5) is 34.1. The maximum absolute atomic E-state index is 12.4. The zero-order chi connectivity index (χ0) is 18.8. The van der Waals surface area contributed by atoms with Crippen LogP contribution in [0.1, 0.15) is 21.1 Å². The molecule has 0 saturated heterocycles. The highest BCUT2D eigenvalue weighted by atomic mass is 32.1. The summed E-state index contributed by atoms with van der Waals surface area (Å²) >= 11 is 1.50. The van der Waals surface area contributed by atoms with Crippen molar-refractivity contribution < 1.29 is 9.21 Å². The van der Waals surface area contributed by atoms with Crippen LogP contribution in [0.4, 0.5) is 0 Å². The molecule has 0 spiro atoms. The molecule has 3 aromatic heterocycles. The Labute approximate surface area is 158 Å². The van der Waals surface area contributed by atoms with Crippen LogP contribution in [-0.4, -0.2) is 15.9 Å². The fourth-order valence-corrected chi connectivity index (χ4v) is 3.66. The van der Waals surface area contributed by atoms with Crippen LogP contribution in [0.2, 0.25) is 0 Å². The number of hydrogen-bond acceptors (Lipinski definition) is 6. The van der Waals surface area contributed by atoms with Gasteiger partial charge in [-0.3, -0.25) is 14.6 Å². The predicted molar refractivity (Wildman–Crippen MR) is 104 cm³/mol. The van der Waals surface area contributed by atoms with Gasteiger partial charge in [0.25, 0.3) is 5.91 Å². The highest BCUT2D eigenvalue weighted by Crippen LogP contribution is 2.27. The van der Waals surface area contributed by atoms with Crippen molar-refractivity contribution in [2.45, 2.75) is 13.5 Å². The van der Waals surface area contributed by atoms with Crippen LogP contribution in [0, 0.1) is 6.92 Å². The van der Waals surface area contributed by atoms with Crippen LogP contribution >= 0.6 is 11.3 Å². The van der Waals surface area contributed by atoms with Gasteiger partial charge >= 0.3 is 0 Å². The molecule has 4 rings (SSSR count). The molecule has 6 nitrogen and oxygen atoms in total. The van der Waals surface area contributed by atoms with E-state index < -0.39 is 5.91 Å². The van der Waals surface area contributed by atoms with Crippen LogP contribution in [0.3, 0.4) is 0 Å². The molecule has 0 aliphatic heterocycles. The minimum Gasteiger partial charge on any atom is -0.451 e. The van der Waals surface area contributed by atoms with Gasteiger partial charge in [0.15, 0.2) is 11.2 Å². The Morgan fingerprint density at radius 1 is 1.22 bits per heavy atom. The number of benzene rings is 1. The molecule has 0 atom stereocenters. The maximum atomic E-state index is 12.4. The van der Waals surface area contributed by atoms with E-state index >= 15 is 0 Å². The fraction of sp³-hybridized carbons (Fsp3) is 0.100. The van der Waals surface area contributed by atoms with Gasteiger partial charge in [0.2, 0.25) is 0 Å². The number of aromatic nitrogens is 2. The number of aryl methyl sites for hydroxylation is 1. The first-order chi connectivity index (χ1) is 13.1. The molecule has 0 radical (unpaired) electrons. The topological polar surface area (TPSA) is 85.1 Å². The molecule has 0 unspecified atom stereocenters. The van der Waals surface area contributed by atoms with E-state index in [1.807, 2.05) is 19.1 Å². The Morgan fingerprint density at radius 2 is 2.07 bits per heavy atom. The first-order valence-electron chi connectivity index (χ1n) is 8.29. The first kappa shape index (κ1) is 17.1. The summed E-state index contributed by atoms with van der Waals surface area (Å²) in [5, 5.41) is 4.10. The number of fused-ring (bicyclic) bond motifs is 1. The molecular weight excluding hydrogens is 362 g/mol. The zero-order valence-electron chi connectivity index (χ0n) is 14.4. The number of para-hydroxylation sites is 1. The Balaban J connectivity index is 1.53. The van der Waals surface area contributed by atoms with Crippen molar-refractivity contribution in [3.05, 3.63) is 81.4 Å². The van der Waals surface area contributed by atoms with E-state index in [9.17, 15) is 9.59 Å². The van der Waals surface area contributed by atoms with Crippen molar-refractivity contribution in [2.75, 3.05) is 0 Å². The normalized spacial score (nSPS) is 10.9. The van der Waals surface area contributed by atoms with Gasteiger partial charge in [-0.15, -0.1) is 11.3 Å². The van der Waals surface area contributed by atoms with Crippen molar-refractivity contribution in [1.82, 2.24) is 15.3 Å². The average Bonchev–Trinajstić information content (AvgIpc) is 3.07. The Morgan fingerprint density at radius 3 is 2.89 bits per heavy atom. The number of hydrogen-bond donors (Lipinski definition) is 1. The summed E-state index contributed by atoms with van der Waals surface area (Å²) in [6, 6.07) is 11.9. The van der Waals surface area contributed by atoms with Crippen LogP contribution in [-0.2, 0) is 6.54 Å². The standard InChI is InChI=1S/C20H15N3O3S/c1-12-18(27-20(23-12)13-5-4-8-21-10-13)11-22-19(25)17-9-15(24)14-6-2-3-7-16(14)26-17/h2-10H,11H2,1H3,(H,22,25). The van der Waals surface area contributed by atoms with Crippen molar-refractivity contribution in [3.8, 4) is 10.6 Å². The molecular formula is C20H15N3O3S. The third-order valence-corrected chi connectivity index (χ3v) is 5.28. The van der Waals surface area contributed by atoms with Crippen molar-refractivity contribution in [3.63, 3.8) is 0 Å². The molecule has 27 heavy (non-hydrogen) atoms. The molecule has 1 amide bonds. The van der Waals surface area contributed by atoms with E-state index in [-0.39, 0.29) is 11.2 Å². The number of rotatable bonds is 4. The summed E-state index contributed by atoms with van der Waals surface area (Å²) < 4.78 is 5.57. The lowest BCUT2D eigenvalue weighted by molar-refractivity contribution is 0.0924. The summed E-state index contributed by atoms with van der Waals surface area (Å²) in [6.45, 7) is 2.20. The minimum absolute atomic E-state index is 0.00616. The van der Waals surface area contributed by atoms with Gasteiger partial charge in [-0.05, 0) is 31.2 Å². The highest BCUT2D eigenvalue weighted by Gasteiger charge is 2.14. The summed E-state index contributed by atoms with van der Waals surface area (Å²) in [7, 11) is 0. The second kappa shape index (κ2) is 7.13. The maximum Gasteiger partial charge on any atom is 0.287 e. The highest BCUT2D eigenvalue weighted by molar-refractivity contribution is 7.15. The molecule has 1 N–H and O–H groups in total. The molecule has 0 saturated carbocycles. The van der Waals surface area contributed by atoms with E-state index in [2.05, 4.69) is 15.3 Å². The van der Waals surface area contributed by atoms with Crippen molar-refractivity contribution in [1.29, 1.82) is 0 Å². The second-order valence-corrected chi connectivity index (χ2v) is 7.01. The fourth-order valence-electron chi connectivity index (χ4n) is 2.67. The first-order valence-corrected chi connectivity index (χ1v) is 9.11. The lowest BCUT2D eigenvalue weighted by Gasteiger charge is -2.04. The van der Waals surface area contributed by atoms with E-state index in [4.69, 9.17) is 4.42 Å². The van der Waals surface area contributed by atoms with Crippen molar-refractivity contribution >= 4 is 28.2 Å². The van der Waals surface area contributed by atoms with Crippen molar-refractivity contribution in [2.24, 2.45) is 0 Å². The number of carbonyl (C=O) groups excluding carboxylic acids is 1. The quantitative estimate of drug-likeness (QED) is 0.588. The SMILES string of the molecule is Cc1nc(-c2cccnc2)sc1CNC(=O)c1cc(=O)c2ccccc2o1. The van der Waals surface area contributed by atoms with Gasteiger partial charge in [0.05, 0.1) is 17.6 Å². The van der Waals surface area contributed by atoms with Crippen LogP contribution in [0.15, 0.2) is 64.1 Å². The van der Waals surface area contributed by atoms with E-state index in [1.54, 1.807) is 36.7 Å². The number of nitrogens with zero attached hydrogens (tertiary/aromatic N) is 2. The van der Waals surface area contributed by atoms with E-state index in [0.29, 0.717) is 17.5 Å². The van der Waals surface area contributed by atoms with Crippen LogP contribution in [0.25, 0.3) is 21.5 Å². The molecule has 0 bridgehead atoms. The molecule has 0 aliphatic rings. The average molecular weight is 377 g/mol. The molecule has 0 fully saturated rings. The largest absolute Gasteiger partial charge is 0.451 e. The number of thiazole rings is 1. The predicted octanol–water partition coefficient (Wildman–Crippen LogP) is 3.55. The number of carbonyl (C=O) groups is 1. The Kier molecular flexibility index (Phi) is 4.52. The van der Waals surface area contributed by atoms with Gasteiger partial charge in [0.1, 0.15) is 10.6 Å². The van der Waals surface area contributed by atoms with E-state index in [0.717, 1.165) is 21.1 Å². The van der Waals surface area contributed by atoms with Gasteiger partial charge in [0, 0.05) is 28.9 Å². The number of nitrogens with one attached hydrogen (secondary N) is 1. The molecule has 0 aliphatic carbocycles. The monoisotopic (exact) mass is 377 g/mol. The number of pyridine rings is 1. The van der Waals surface area contributed by atoms with Gasteiger partial charge < -0.3 is 9.73 Å². The zero-order valence-corrected chi connectivity index (χ0v) is 15.2. The molecule has 1 aromatic carbocycles. The summed E-state index contributed by atoms with van der Waals surface area (Å²) in [5.74, 6) is -0.443. The third-order valence-electron chi connectivity index (χ3n) is 4.07. The van der Waals surface area contributed by atoms with Gasteiger partial charge in [-0.2, -0.15) is 0 Å². The third kappa shape index (κ3) is 3.50. The molecule has 7 heteroatoms. The minimum atomic E-state index is -0.436. The molecule has 134 valence electrons. The number of amides is 1. The van der Waals surface area contributed by atoms with Gasteiger partial charge in [-0.1, -0.05) is 12.1 Å². The summed E-state index contributed by atoms with van der Waals surface area (Å²) in [6.07, 6.45) is 3.47. The lowest BCUT2D eigenvalue weighted by atomic mass is 10.2. The lowest BCUT2D eigenvalue weighted by Crippen LogP contribution is -2.23. The second-order valence-electron chi connectivity index (χ2n) is 5.92. The van der Waals surface area contributed by atoms with Crippen LogP contribution in [0.5, 0.6) is 0 Å². The summed E-state index contributed by atoms with van der Waals surface area (Å²) in [5.41, 5.74) is 1.93. The smallest absolute Gasteiger partial charge is 0.287 e.